The van der Waals surface area contributed by atoms with E-state index in [1.807, 2.05) is 62.4 Å². The number of benzene rings is 2. The third kappa shape index (κ3) is 4.88. The zero-order chi connectivity index (χ0) is 30.2. The molecular formula is C34H41N3O4S. The van der Waals surface area contributed by atoms with Crippen LogP contribution in [-0.4, -0.2) is 74.4 Å². The third-order valence-corrected chi connectivity index (χ3v) is 11.1. The molecule has 0 radical (unpaired) electrons. The second kappa shape index (κ2) is 12.1. The normalized spacial score (nSPS) is 26.6. The Morgan fingerprint density at radius 2 is 1.74 bits per heavy atom. The summed E-state index contributed by atoms with van der Waals surface area (Å²) in [6, 6.07) is 14.4. The minimum absolute atomic E-state index is 0.0514. The molecule has 0 aromatic heterocycles. The van der Waals surface area contributed by atoms with Gasteiger partial charge in [-0.25, -0.2) is 0 Å². The first-order valence-corrected chi connectivity index (χ1v) is 15.6. The SMILES string of the molecule is C=CCN(Cc1ccccc1)C(=O)[C@@H]1[C@@H]2CCC3(S2)C(C(=O)N(CC=C)c2c(C)cccc2C)N([C@H](C)CO)C(=O)[C@H]13. The quantitative estimate of drug-likeness (QED) is 0.392. The molecule has 2 aromatic carbocycles. The number of aliphatic hydroxyl groups excluding tert-OH is 1. The highest BCUT2D eigenvalue weighted by Gasteiger charge is 2.74. The molecule has 3 aliphatic heterocycles. The van der Waals surface area contributed by atoms with Gasteiger partial charge in [0.2, 0.25) is 11.8 Å². The maximum Gasteiger partial charge on any atom is 0.251 e. The molecule has 2 unspecified atom stereocenters. The van der Waals surface area contributed by atoms with Gasteiger partial charge in [0.15, 0.2) is 0 Å². The number of nitrogens with zero attached hydrogens (tertiary/aromatic N) is 3. The van der Waals surface area contributed by atoms with Crippen LogP contribution in [0.4, 0.5) is 5.69 Å². The van der Waals surface area contributed by atoms with Crippen molar-refractivity contribution in [1.29, 1.82) is 0 Å². The molecule has 0 aliphatic carbocycles. The summed E-state index contributed by atoms with van der Waals surface area (Å²) in [5.41, 5.74) is 3.75. The van der Waals surface area contributed by atoms with Crippen molar-refractivity contribution in [1.82, 2.24) is 9.80 Å². The molecule has 7 nitrogen and oxygen atoms in total. The first kappa shape index (κ1) is 30.1. The summed E-state index contributed by atoms with van der Waals surface area (Å²) in [4.78, 5) is 48.6. The van der Waals surface area contributed by atoms with Crippen molar-refractivity contribution in [3.05, 3.63) is 90.5 Å². The molecule has 3 saturated heterocycles. The number of hydrogen-bond donors (Lipinski definition) is 1. The number of carbonyl (C=O) groups is 3. The van der Waals surface area contributed by atoms with Crippen molar-refractivity contribution in [3.63, 3.8) is 0 Å². The predicted molar refractivity (Wildman–Crippen MR) is 168 cm³/mol. The number of amides is 3. The van der Waals surface area contributed by atoms with Crippen molar-refractivity contribution in [3.8, 4) is 0 Å². The fraction of sp³-hybridized carbons (Fsp3) is 0.441. The summed E-state index contributed by atoms with van der Waals surface area (Å²) >= 11 is 1.65. The molecule has 3 amide bonds. The molecule has 8 heteroatoms. The summed E-state index contributed by atoms with van der Waals surface area (Å²) in [5, 5.41) is 10.2. The highest BCUT2D eigenvalue weighted by molar-refractivity contribution is 8.02. The monoisotopic (exact) mass is 587 g/mol. The number of carbonyl (C=O) groups excluding carboxylic acids is 3. The Kier molecular flexibility index (Phi) is 8.67. The molecule has 3 fully saturated rings. The van der Waals surface area contributed by atoms with Gasteiger partial charge in [-0.1, -0.05) is 60.7 Å². The number of aliphatic hydroxyl groups is 1. The van der Waals surface area contributed by atoms with Gasteiger partial charge in [0.05, 0.1) is 29.2 Å². The number of fused-ring (bicyclic) bond motifs is 1. The van der Waals surface area contributed by atoms with E-state index >= 15 is 0 Å². The van der Waals surface area contributed by atoms with Crippen molar-refractivity contribution in [2.45, 2.75) is 62.2 Å². The Morgan fingerprint density at radius 3 is 2.36 bits per heavy atom. The molecule has 1 spiro atoms. The van der Waals surface area contributed by atoms with E-state index in [1.165, 1.54) is 0 Å². The van der Waals surface area contributed by atoms with E-state index in [0.29, 0.717) is 19.5 Å². The predicted octanol–water partition coefficient (Wildman–Crippen LogP) is 4.51. The molecule has 3 aliphatic rings. The largest absolute Gasteiger partial charge is 0.394 e. The molecule has 5 rings (SSSR count). The summed E-state index contributed by atoms with van der Waals surface area (Å²) in [5.74, 6) is -1.64. The molecule has 6 atom stereocenters. The smallest absolute Gasteiger partial charge is 0.251 e. The van der Waals surface area contributed by atoms with Gasteiger partial charge in [-0.3, -0.25) is 14.4 Å². The number of likely N-dealkylation sites (tertiary alicyclic amines) is 1. The molecule has 222 valence electrons. The van der Waals surface area contributed by atoms with Crippen LogP contribution in [0.15, 0.2) is 73.8 Å². The van der Waals surface area contributed by atoms with Crippen molar-refractivity contribution in [2.75, 3.05) is 24.6 Å². The van der Waals surface area contributed by atoms with Crippen molar-refractivity contribution < 1.29 is 19.5 Å². The van der Waals surface area contributed by atoms with E-state index < -0.39 is 28.7 Å². The Bertz CT molecular complexity index is 1360. The fourth-order valence-electron chi connectivity index (χ4n) is 7.42. The Morgan fingerprint density at radius 1 is 1.07 bits per heavy atom. The maximum atomic E-state index is 14.8. The number of rotatable bonds is 11. The van der Waals surface area contributed by atoms with Crippen LogP contribution < -0.4 is 4.90 Å². The Hall–Kier alpha value is -3.36. The van der Waals surface area contributed by atoms with Crippen LogP contribution in [0.2, 0.25) is 0 Å². The second-order valence-corrected chi connectivity index (χ2v) is 13.4. The topological polar surface area (TPSA) is 81.2 Å². The lowest BCUT2D eigenvalue weighted by molar-refractivity contribution is -0.145. The molecular weight excluding hydrogens is 546 g/mol. The van der Waals surface area contributed by atoms with Gasteiger partial charge in [-0.2, -0.15) is 0 Å². The number of anilines is 1. The third-order valence-electron chi connectivity index (χ3n) is 9.16. The summed E-state index contributed by atoms with van der Waals surface area (Å²) in [7, 11) is 0. The van der Waals surface area contributed by atoms with Crippen LogP contribution in [-0.2, 0) is 20.9 Å². The lowest BCUT2D eigenvalue weighted by Gasteiger charge is -2.39. The highest BCUT2D eigenvalue weighted by Crippen LogP contribution is 2.67. The Labute approximate surface area is 253 Å². The van der Waals surface area contributed by atoms with E-state index in [2.05, 4.69) is 13.2 Å². The van der Waals surface area contributed by atoms with Gasteiger partial charge >= 0.3 is 0 Å². The number of aryl methyl sites for hydroxylation is 2. The molecule has 1 N–H and O–H groups in total. The van der Waals surface area contributed by atoms with Crippen LogP contribution in [0.25, 0.3) is 0 Å². The second-order valence-electron chi connectivity index (χ2n) is 11.8. The van der Waals surface area contributed by atoms with E-state index in [0.717, 1.165) is 28.8 Å². The number of para-hydroxylation sites is 1. The van der Waals surface area contributed by atoms with Gasteiger partial charge in [-0.05, 0) is 50.3 Å². The van der Waals surface area contributed by atoms with Crippen molar-refractivity contribution in [2.24, 2.45) is 11.8 Å². The number of thioether (sulfide) groups is 1. The van der Waals surface area contributed by atoms with Crippen LogP contribution in [0.5, 0.6) is 0 Å². The summed E-state index contributed by atoms with van der Waals surface area (Å²) in [6.07, 6.45) is 4.85. The first-order valence-electron chi connectivity index (χ1n) is 14.7. The maximum absolute atomic E-state index is 14.8. The van der Waals surface area contributed by atoms with E-state index in [1.54, 1.807) is 45.5 Å². The standard InChI is InChI=1S/C34H41N3O4S/c1-6-18-35(20-25-14-9-8-10-15-25)31(39)27-26-16-17-34(42-26)28(27)32(40)37(24(5)21-38)30(34)33(41)36(19-7-2)29-22(3)12-11-13-23(29)4/h6-15,24,26-28,30,38H,1-2,16-21H2,3-5H3/t24-,26+,27-,28+,30?,34?/m1/s1. The fourth-order valence-corrected chi connectivity index (χ4v) is 9.61. The summed E-state index contributed by atoms with van der Waals surface area (Å²) in [6.45, 7) is 14.3. The van der Waals surface area contributed by atoms with Gasteiger partial charge in [0.1, 0.15) is 6.04 Å². The molecule has 0 saturated carbocycles. The molecule has 3 heterocycles. The lowest BCUT2D eigenvalue weighted by atomic mass is 9.70. The zero-order valence-electron chi connectivity index (χ0n) is 24.7. The summed E-state index contributed by atoms with van der Waals surface area (Å²) < 4.78 is -0.745. The average molecular weight is 588 g/mol. The lowest BCUT2D eigenvalue weighted by Crippen LogP contribution is -2.57. The first-order chi connectivity index (χ1) is 20.2. The Balaban J connectivity index is 1.56. The van der Waals surface area contributed by atoms with Gasteiger partial charge in [-0.15, -0.1) is 24.9 Å². The van der Waals surface area contributed by atoms with Gasteiger partial charge in [0, 0.05) is 30.6 Å². The van der Waals surface area contributed by atoms with Crippen LogP contribution in [0, 0.1) is 25.7 Å². The molecule has 2 bridgehead atoms. The minimum atomic E-state index is -0.800. The van der Waals surface area contributed by atoms with Gasteiger partial charge in [0.25, 0.3) is 5.91 Å². The van der Waals surface area contributed by atoms with Crippen LogP contribution in [0.3, 0.4) is 0 Å². The van der Waals surface area contributed by atoms with E-state index in [-0.39, 0.29) is 36.1 Å². The van der Waals surface area contributed by atoms with Crippen LogP contribution >= 0.6 is 11.8 Å². The minimum Gasteiger partial charge on any atom is -0.394 e. The van der Waals surface area contributed by atoms with E-state index in [4.69, 9.17) is 0 Å². The molecule has 42 heavy (non-hydrogen) atoms. The van der Waals surface area contributed by atoms with E-state index in [9.17, 15) is 19.5 Å². The average Bonchev–Trinajstić information content (AvgIpc) is 3.63. The highest BCUT2D eigenvalue weighted by atomic mass is 32.2. The van der Waals surface area contributed by atoms with Gasteiger partial charge < -0.3 is 19.8 Å². The molecule has 2 aromatic rings. The number of hydrogen-bond acceptors (Lipinski definition) is 5. The van der Waals surface area contributed by atoms with Crippen molar-refractivity contribution >= 4 is 35.2 Å². The van der Waals surface area contributed by atoms with Crippen LogP contribution in [0.1, 0.15) is 36.5 Å². The zero-order valence-corrected chi connectivity index (χ0v) is 25.6.